The second kappa shape index (κ2) is 13.3. The zero-order valence-electron chi connectivity index (χ0n) is 30.9. The van der Waals surface area contributed by atoms with Crippen LogP contribution in [-0.4, -0.2) is 8.07 Å². The molecule has 0 saturated carbocycles. The molecule has 0 N–H and O–H groups in total. The van der Waals surface area contributed by atoms with E-state index in [4.69, 9.17) is 0 Å². The highest BCUT2D eigenvalue weighted by atomic mass is 28.3. The largest absolute Gasteiger partial charge is 0.113 e. The first kappa shape index (κ1) is 33.2. The lowest BCUT2D eigenvalue weighted by Gasteiger charge is -2.34. The minimum Gasteiger partial charge on any atom is -0.0630 e. The van der Waals surface area contributed by atoms with Crippen LogP contribution in [0.15, 0.2) is 157 Å². The average Bonchev–Trinajstić information content (AvgIpc) is 3.77. The van der Waals surface area contributed by atoms with Crippen LogP contribution in [0.25, 0.3) is 54.9 Å². The van der Waals surface area contributed by atoms with E-state index in [9.17, 15) is 0 Å². The SMILES string of the molecule is CC(C)C1=C([Si](C)(C)C2=C(C(C)C)Cc3cccc(-c4ccccc4-c4ccccc4)c32)c2c(cccc2-c2ccccc2-c2ccccc2)C1. The molecule has 0 spiro atoms. The maximum Gasteiger partial charge on any atom is 0.113 e. The summed E-state index contributed by atoms with van der Waals surface area (Å²) >= 11 is 0. The summed E-state index contributed by atoms with van der Waals surface area (Å²) in [6, 6.07) is 54.2. The first-order valence-corrected chi connectivity index (χ1v) is 21.8. The lowest BCUT2D eigenvalue weighted by Crippen LogP contribution is -2.33. The van der Waals surface area contributed by atoms with Crippen molar-refractivity contribution in [2.24, 2.45) is 11.8 Å². The molecular formula is C50H48Si. The van der Waals surface area contributed by atoms with Gasteiger partial charge in [0.2, 0.25) is 0 Å². The highest BCUT2D eigenvalue weighted by molar-refractivity contribution is 7.09. The van der Waals surface area contributed by atoms with Gasteiger partial charge in [-0.05, 0) is 102 Å². The van der Waals surface area contributed by atoms with Gasteiger partial charge in [0.05, 0.1) is 0 Å². The fraction of sp³-hybridized carbons (Fsp3) is 0.200. The maximum absolute atomic E-state index is 2.67. The second-order valence-corrected chi connectivity index (χ2v) is 19.8. The molecule has 6 aromatic rings. The topological polar surface area (TPSA) is 0 Å². The minimum atomic E-state index is -2.35. The van der Waals surface area contributed by atoms with E-state index in [1.807, 2.05) is 0 Å². The lowest BCUT2D eigenvalue weighted by atomic mass is 9.90. The Kier molecular flexibility index (Phi) is 8.64. The van der Waals surface area contributed by atoms with Gasteiger partial charge in [0.25, 0.3) is 0 Å². The van der Waals surface area contributed by atoms with Crippen molar-refractivity contribution in [2.45, 2.75) is 53.6 Å². The van der Waals surface area contributed by atoms with E-state index in [1.54, 1.807) is 21.5 Å². The molecule has 0 heterocycles. The van der Waals surface area contributed by atoms with Gasteiger partial charge >= 0.3 is 0 Å². The molecule has 2 aliphatic rings. The molecule has 0 nitrogen and oxygen atoms in total. The molecule has 0 atom stereocenters. The van der Waals surface area contributed by atoms with Crippen LogP contribution >= 0.6 is 0 Å². The molecule has 1 heteroatoms. The summed E-state index contributed by atoms with van der Waals surface area (Å²) in [5.74, 6) is 0.934. The molecule has 0 aliphatic heterocycles. The van der Waals surface area contributed by atoms with Crippen molar-refractivity contribution in [3.05, 3.63) is 179 Å². The van der Waals surface area contributed by atoms with Crippen molar-refractivity contribution in [3.8, 4) is 44.5 Å². The molecule has 0 fully saturated rings. The maximum atomic E-state index is 2.67. The van der Waals surface area contributed by atoms with Crippen LogP contribution in [0.2, 0.25) is 13.1 Å². The van der Waals surface area contributed by atoms with Crippen LogP contribution in [0, 0.1) is 11.8 Å². The average molecular weight is 677 g/mol. The molecule has 51 heavy (non-hydrogen) atoms. The smallest absolute Gasteiger partial charge is 0.0630 e. The van der Waals surface area contributed by atoms with Crippen molar-refractivity contribution < 1.29 is 0 Å². The van der Waals surface area contributed by atoms with E-state index in [1.165, 1.54) is 66.8 Å². The van der Waals surface area contributed by atoms with Crippen molar-refractivity contribution in [1.29, 1.82) is 0 Å². The molecular weight excluding hydrogens is 629 g/mol. The van der Waals surface area contributed by atoms with Crippen LogP contribution in [-0.2, 0) is 12.8 Å². The Hall–Kier alpha value is -4.98. The number of hydrogen-bond donors (Lipinski definition) is 0. The Bertz CT molecular complexity index is 2150. The highest BCUT2D eigenvalue weighted by Gasteiger charge is 2.44. The molecule has 8 rings (SSSR count). The summed E-state index contributed by atoms with van der Waals surface area (Å²) in [6.07, 6.45) is 2.07. The third-order valence-electron chi connectivity index (χ3n) is 11.5. The van der Waals surface area contributed by atoms with Crippen LogP contribution < -0.4 is 0 Å². The molecule has 6 aromatic carbocycles. The van der Waals surface area contributed by atoms with Crippen molar-refractivity contribution >= 4 is 18.5 Å². The van der Waals surface area contributed by atoms with E-state index in [-0.39, 0.29) is 0 Å². The fourth-order valence-electron chi connectivity index (χ4n) is 9.16. The number of rotatable bonds is 8. The van der Waals surface area contributed by atoms with Gasteiger partial charge in [-0.1, -0.05) is 198 Å². The second-order valence-electron chi connectivity index (χ2n) is 15.6. The molecule has 0 aromatic heterocycles. The summed E-state index contributed by atoms with van der Waals surface area (Å²) < 4.78 is 0. The Morgan fingerprint density at radius 3 is 1.08 bits per heavy atom. The van der Waals surface area contributed by atoms with E-state index < -0.39 is 8.07 Å². The predicted octanol–water partition coefficient (Wildman–Crippen LogP) is 13.8. The monoisotopic (exact) mass is 676 g/mol. The first-order chi connectivity index (χ1) is 24.8. The molecule has 0 unspecified atom stereocenters. The molecule has 2 aliphatic carbocycles. The Balaban J connectivity index is 1.37. The van der Waals surface area contributed by atoms with E-state index in [0.717, 1.165) is 12.8 Å². The summed E-state index contributed by atoms with van der Waals surface area (Å²) in [5, 5.41) is 3.33. The van der Waals surface area contributed by atoms with Crippen LogP contribution in [0.5, 0.6) is 0 Å². The minimum absolute atomic E-state index is 0.467. The third kappa shape index (κ3) is 5.69. The zero-order valence-corrected chi connectivity index (χ0v) is 31.9. The highest BCUT2D eigenvalue weighted by Crippen LogP contribution is 2.55. The number of hydrogen-bond acceptors (Lipinski definition) is 0. The summed E-state index contributed by atoms with van der Waals surface area (Å²) in [5.41, 5.74) is 19.8. The summed E-state index contributed by atoms with van der Waals surface area (Å²) in [6.45, 7) is 15.0. The quantitative estimate of drug-likeness (QED) is 0.141. The number of benzene rings is 6. The summed E-state index contributed by atoms with van der Waals surface area (Å²) in [4.78, 5) is 0. The van der Waals surface area contributed by atoms with Gasteiger partial charge in [-0.2, -0.15) is 0 Å². The molecule has 0 amide bonds. The van der Waals surface area contributed by atoms with Gasteiger partial charge in [0, 0.05) is 0 Å². The third-order valence-corrected chi connectivity index (χ3v) is 15.1. The number of allylic oxidation sites excluding steroid dienone is 2. The lowest BCUT2D eigenvalue weighted by molar-refractivity contribution is 0.752. The van der Waals surface area contributed by atoms with Gasteiger partial charge in [-0.3, -0.25) is 0 Å². The van der Waals surface area contributed by atoms with Crippen LogP contribution in [0.4, 0.5) is 0 Å². The molecule has 0 bridgehead atoms. The fourth-order valence-corrected chi connectivity index (χ4v) is 13.6. The van der Waals surface area contributed by atoms with Crippen molar-refractivity contribution in [3.63, 3.8) is 0 Å². The normalized spacial score (nSPS) is 14.1. The number of fused-ring (bicyclic) bond motifs is 2. The van der Waals surface area contributed by atoms with Gasteiger partial charge in [-0.25, -0.2) is 0 Å². The van der Waals surface area contributed by atoms with Gasteiger partial charge in [0.1, 0.15) is 8.07 Å². The van der Waals surface area contributed by atoms with Crippen molar-refractivity contribution in [2.75, 3.05) is 0 Å². The standard InChI is InChI=1S/C50H48Si/c1-33(2)45-31-37-23-17-29-43(41-27-15-13-25-39(41)35-19-9-7-10-20-35)47(37)49(45)51(5,6)50-46(34(3)4)32-38-24-18-30-44(48(38)50)42-28-16-14-26-40(42)36-21-11-8-12-22-36/h7-30,33-34H,31-32H2,1-6H3. The predicted molar refractivity (Wildman–Crippen MR) is 223 cm³/mol. The Labute approximate surface area is 306 Å². The van der Waals surface area contributed by atoms with Crippen molar-refractivity contribution in [1.82, 2.24) is 0 Å². The van der Waals surface area contributed by atoms with Gasteiger partial charge in [-0.15, -0.1) is 0 Å². The van der Waals surface area contributed by atoms with Crippen LogP contribution in [0.3, 0.4) is 0 Å². The zero-order chi connectivity index (χ0) is 35.3. The van der Waals surface area contributed by atoms with Gasteiger partial charge in [0.15, 0.2) is 0 Å². The Morgan fingerprint density at radius 2 is 0.706 bits per heavy atom. The van der Waals surface area contributed by atoms with E-state index >= 15 is 0 Å². The molecule has 0 saturated heterocycles. The molecule has 0 radical (unpaired) electrons. The van der Waals surface area contributed by atoms with E-state index in [2.05, 4.69) is 186 Å². The Morgan fingerprint density at radius 1 is 0.373 bits per heavy atom. The first-order valence-electron chi connectivity index (χ1n) is 18.8. The van der Waals surface area contributed by atoms with Gasteiger partial charge < -0.3 is 0 Å². The summed E-state index contributed by atoms with van der Waals surface area (Å²) in [7, 11) is -2.35. The van der Waals surface area contributed by atoms with E-state index in [0.29, 0.717) is 11.8 Å². The molecule has 252 valence electrons. The van der Waals surface area contributed by atoms with Crippen LogP contribution in [0.1, 0.15) is 49.9 Å².